The van der Waals surface area contributed by atoms with Crippen molar-refractivity contribution in [2.75, 3.05) is 0 Å². The molecule has 0 unspecified atom stereocenters. The van der Waals surface area contributed by atoms with Crippen LogP contribution in [-0.2, 0) is 6.54 Å². The van der Waals surface area contributed by atoms with Gasteiger partial charge in [-0.05, 0) is 35.6 Å². The zero-order chi connectivity index (χ0) is 21.3. The largest absolute Gasteiger partial charge is 0.294 e. The number of hydrogen-bond donors (Lipinski definition) is 0. The first-order valence-corrected chi connectivity index (χ1v) is 12.0. The minimum absolute atomic E-state index is 0.440. The summed E-state index contributed by atoms with van der Waals surface area (Å²) < 4.78 is 7.67. The summed E-state index contributed by atoms with van der Waals surface area (Å²) in [5.74, 6) is 2.23. The van der Waals surface area contributed by atoms with Crippen molar-refractivity contribution in [3.8, 4) is 17.1 Å². The van der Waals surface area contributed by atoms with Crippen molar-refractivity contribution >= 4 is 31.5 Å². The molecule has 3 heteroatoms. The van der Waals surface area contributed by atoms with E-state index >= 15 is 0 Å². The molecule has 31 heavy (non-hydrogen) atoms. The van der Waals surface area contributed by atoms with Crippen LogP contribution in [0.15, 0.2) is 67.0 Å². The summed E-state index contributed by atoms with van der Waals surface area (Å²) in [5.41, 5.74) is 7.02. The molecule has 0 radical (unpaired) electrons. The summed E-state index contributed by atoms with van der Waals surface area (Å²) in [7, 11) is 0. The lowest BCUT2D eigenvalue weighted by Gasteiger charge is -2.17. The van der Waals surface area contributed by atoms with Gasteiger partial charge in [-0.15, -0.1) is 11.3 Å². The van der Waals surface area contributed by atoms with Crippen LogP contribution in [0.4, 0.5) is 0 Å². The first kappa shape index (κ1) is 18.8. The van der Waals surface area contributed by atoms with Gasteiger partial charge in [-0.3, -0.25) is 0 Å². The van der Waals surface area contributed by atoms with Gasteiger partial charge in [0.25, 0.3) is 5.82 Å². The molecule has 3 aromatic carbocycles. The minimum Gasteiger partial charge on any atom is -0.225 e. The van der Waals surface area contributed by atoms with Gasteiger partial charge in [0.1, 0.15) is 24.6 Å². The Bertz CT molecular complexity index is 1470. The average molecular weight is 424 g/mol. The Morgan fingerprint density at radius 3 is 2.45 bits per heavy atom. The van der Waals surface area contributed by atoms with Crippen molar-refractivity contribution in [3.63, 3.8) is 0 Å². The van der Waals surface area contributed by atoms with Gasteiger partial charge in [0.2, 0.25) is 0 Å². The molecule has 0 N–H and O–H groups in total. The first-order chi connectivity index (χ1) is 15.0. The number of benzene rings is 3. The Labute approximate surface area is 187 Å². The topological polar surface area (TPSA) is 8.81 Å². The summed E-state index contributed by atoms with van der Waals surface area (Å²) >= 11 is 1.95. The second kappa shape index (κ2) is 6.80. The Hall–Kier alpha value is -2.91. The van der Waals surface area contributed by atoms with Gasteiger partial charge in [0.05, 0.1) is 5.56 Å². The fourth-order valence-electron chi connectivity index (χ4n) is 5.14. The molecule has 2 nitrogen and oxygen atoms in total. The highest BCUT2D eigenvalue weighted by atomic mass is 32.1. The molecule has 154 valence electrons. The predicted octanol–water partition coefficient (Wildman–Crippen LogP) is 7.41. The van der Waals surface area contributed by atoms with Crippen LogP contribution in [0.5, 0.6) is 0 Å². The number of fused-ring (bicyclic) bond motifs is 6. The second-order valence-electron chi connectivity index (χ2n) is 9.29. The van der Waals surface area contributed by atoms with E-state index in [1.807, 2.05) is 11.3 Å². The third-order valence-corrected chi connectivity index (χ3v) is 7.88. The molecule has 0 aliphatic carbocycles. The molecule has 0 saturated carbocycles. The van der Waals surface area contributed by atoms with Crippen LogP contribution in [-0.4, -0.2) is 4.57 Å². The molecule has 2 aromatic heterocycles. The quantitative estimate of drug-likeness (QED) is 0.262. The summed E-state index contributed by atoms with van der Waals surface area (Å²) in [5, 5.41) is 2.79. The maximum atomic E-state index is 2.49. The van der Waals surface area contributed by atoms with E-state index in [9.17, 15) is 0 Å². The molecular formula is C28H27N2S+. The van der Waals surface area contributed by atoms with Crippen LogP contribution in [0.2, 0.25) is 0 Å². The molecule has 0 atom stereocenters. The zero-order valence-electron chi connectivity index (χ0n) is 18.5. The lowest BCUT2D eigenvalue weighted by Crippen LogP contribution is -2.30. The van der Waals surface area contributed by atoms with Crippen molar-refractivity contribution in [2.45, 2.75) is 46.1 Å². The third-order valence-electron chi connectivity index (χ3n) is 6.66. The summed E-state index contributed by atoms with van der Waals surface area (Å²) in [6, 6.07) is 20.2. The van der Waals surface area contributed by atoms with E-state index in [4.69, 9.17) is 0 Å². The highest BCUT2D eigenvalue weighted by Gasteiger charge is 2.33. The van der Waals surface area contributed by atoms with Gasteiger partial charge >= 0.3 is 0 Å². The highest BCUT2D eigenvalue weighted by molar-refractivity contribution is 7.26. The van der Waals surface area contributed by atoms with Crippen LogP contribution >= 0.6 is 11.3 Å². The Morgan fingerprint density at radius 1 is 0.903 bits per heavy atom. The van der Waals surface area contributed by atoms with Gasteiger partial charge in [0, 0.05) is 31.3 Å². The standard InChI is InChI=1S/C28H27N2S/c1-17(2)22-15-23(18(3)4)27-25(21-11-7-8-12-24(21)31-27)26(22)30-14-13-29-16-19-9-5-6-10-20(19)28(29)30/h5-15,17-18H,16H2,1-4H3/q+1. The monoisotopic (exact) mass is 423 g/mol. The predicted molar refractivity (Wildman–Crippen MR) is 132 cm³/mol. The Balaban J connectivity index is 1.79. The third kappa shape index (κ3) is 2.66. The molecular weight excluding hydrogens is 396 g/mol. The van der Waals surface area contributed by atoms with E-state index in [1.54, 1.807) is 0 Å². The van der Waals surface area contributed by atoms with Crippen LogP contribution in [0.3, 0.4) is 0 Å². The highest BCUT2D eigenvalue weighted by Crippen LogP contribution is 2.45. The van der Waals surface area contributed by atoms with Crippen molar-refractivity contribution in [2.24, 2.45) is 0 Å². The molecule has 0 amide bonds. The number of rotatable bonds is 3. The SMILES string of the molecule is CC(C)c1cc(C(C)C)c2sc3ccccc3c2c1-n1cc[n+]2c1-c1ccccc1C2. The van der Waals surface area contributed by atoms with Crippen molar-refractivity contribution in [3.05, 3.63) is 83.7 Å². The number of nitrogens with zero attached hydrogens (tertiary/aromatic N) is 2. The van der Waals surface area contributed by atoms with Crippen LogP contribution in [0.25, 0.3) is 37.2 Å². The Morgan fingerprint density at radius 2 is 1.65 bits per heavy atom. The molecule has 1 aliphatic heterocycles. The molecule has 1 aliphatic rings. The molecule has 5 aromatic rings. The minimum atomic E-state index is 0.440. The number of aromatic nitrogens is 2. The fourth-order valence-corrected chi connectivity index (χ4v) is 6.50. The van der Waals surface area contributed by atoms with E-state index in [-0.39, 0.29) is 0 Å². The van der Waals surface area contributed by atoms with Crippen LogP contribution < -0.4 is 4.57 Å². The summed E-state index contributed by atoms with van der Waals surface area (Å²) in [6.45, 7) is 10.3. The summed E-state index contributed by atoms with van der Waals surface area (Å²) in [4.78, 5) is 0. The molecule has 3 heterocycles. The van der Waals surface area contributed by atoms with E-state index in [2.05, 4.69) is 104 Å². The molecule has 6 rings (SSSR count). The first-order valence-electron chi connectivity index (χ1n) is 11.2. The van der Waals surface area contributed by atoms with Gasteiger partial charge in [-0.25, -0.2) is 4.57 Å². The summed E-state index contributed by atoms with van der Waals surface area (Å²) in [6.07, 6.45) is 4.52. The van der Waals surface area contributed by atoms with E-state index in [0.29, 0.717) is 11.8 Å². The van der Waals surface area contributed by atoms with Crippen LogP contribution in [0, 0.1) is 0 Å². The normalized spacial score (nSPS) is 13.0. The lowest BCUT2D eigenvalue weighted by atomic mass is 9.91. The van der Waals surface area contributed by atoms with Gasteiger partial charge in [0.15, 0.2) is 0 Å². The van der Waals surface area contributed by atoms with Gasteiger partial charge in [-0.1, -0.05) is 64.1 Å². The maximum absolute atomic E-state index is 2.49. The Kier molecular flexibility index (Phi) is 4.13. The average Bonchev–Trinajstić information content (AvgIpc) is 3.43. The van der Waals surface area contributed by atoms with Crippen molar-refractivity contribution < 1.29 is 4.57 Å². The molecule has 0 saturated heterocycles. The van der Waals surface area contributed by atoms with Gasteiger partial charge in [-0.2, -0.15) is 4.57 Å². The lowest BCUT2D eigenvalue weighted by molar-refractivity contribution is -0.671. The van der Waals surface area contributed by atoms with E-state index < -0.39 is 0 Å². The van der Waals surface area contributed by atoms with E-state index in [1.165, 1.54) is 53.9 Å². The maximum Gasteiger partial charge on any atom is 0.294 e. The molecule has 0 bridgehead atoms. The number of imidazole rings is 1. The van der Waals surface area contributed by atoms with Crippen molar-refractivity contribution in [1.29, 1.82) is 0 Å². The van der Waals surface area contributed by atoms with Gasteiger partial charge < -0.3 is 0 Å². The number of thiophene rings is 1. The van der Waals surface area contributed by atoms with Crippen molar-refractivity contribution in [1.82, 2.24) is 4.57 Å². The smallest absolute Gasteiger partial charge is 0.225 e. The molecule has 0 spiro atoms. The number of hydrogen-bond acceptors (Lipinski definition) is 1. The van der Waals surface area contributed by atoms with E-state index in [0.717, 1.165) is 6.54 Å². The van der Waals surface area contributed by atoms with Crippen LogP contribution in [0.1, 0.15) is 56.2 Å². The zero-order valence-corrected chi connectivity index (χ0v) is 19.3. The second-order valence-corrected chi connectivity index (χ2v) is 10.3. The molecule has 0 fully saturated rings. The fraction of sp³-hybridized carbons (Fsp3) is 0.250.